The fourth-order valence-electron chi connectivity index (χ4n) is 17.5. The minimum Gasteiger partial charge on any atom is -0.459 e. The smallest absolute Gasteiger partial charge is 0.343 e. The molecule has 8 aromatic rings. The molecule has 0 bridgehead atoms. The average molecular weight is 1960 g/mol. The summed E-state index contributed by atoms with van der Waals surface area (Å²) in [5.41, 5.74) is 0.0496. The van der Waals surface area contributed by atoms with Crippen molar-refractivity contribution in [2.24, 2.45) is 47.3 Å². The van der Waals surface area contributed by atoms with Crippen LogP contribution in [0.4, 0.5) is 0 Å². The minimum absolute atomic E-state index is 0.0206. The molecule has 0 spiro atoms. The molecule has 0 radical (unpaired) electrons. The number of carbonyl (C=O) groups is 8. The highest BCUT2D eigenvalue weighted by Crippen LogP contribution is 2.38. The van der Waals surface area contributed by atoms with Gasteiger partial charge in [0, 0.05) is 19.6 Å². The molecule has 768 valence electrons. The molecule has 0 amide bonds. The Balaban J connectivity index is 1.00. The highest BCUT2D eigenvalue weighted by molar-refractivity contribution is 5.94. The van der Waals surface area contributed by atoms with Crippen LogP contribution in [0.2, 0.25) is 0 Å². The summed E-state index contributed by atoms with van der Waals surface area (Å²) < 4.78 is 97.5. The SMILES string of the molecule is CC(C)CCCC(C)CCCC(C)CCCC(C)CCOCC(CO[C@@H]1OC(COC(=O)c2ccccc2)[C@@H](O[C@H](O)/C(OC(=O)c2ccccc2)=C(\OC(=O)c2ccccc2)[C@@H](O)CCO[C@@H]2OC(C)[C@H](OC(=O)c3ccccc3)C(OC(=O)c3ccccc3)C2OC(=O)c2ccccc2)C(OC(=O)c2ccccc2)C1OC(=O)c1ccccc1)OCCC(C)CCCC(C)CCCC(C)CCCC(C)C. The van der Waals surface area contributed by atoms with E-state index in [1.165, 1.54) is 205 Å². The maximum Gasteiger partial charge on any atom is 0.343 e. The van der Waals surface area contributed by atoms with Crippen molar-refractivity contribution < 1.29 is 120 Å². The van der Waals surface area contributed by atoms with E-state index in [1.807, 2.05) is 0 Å². The Kier molecular flexibility index (Phi) is 48.6. The van der Waals surface area contributed by atoms with E-state index in [1.54, 1.807) is 121 Å². The van der Waals surface area contributed by atoms with Crippen LogP contribution in [0, 0.1) is 47.3 Å². The molecule has 13 unspecified atom stereocenters. The Morgan fingerprint density at radius 2 is 0.592 bits per heavy atom. The highest BCUT2D eigenvalue weighted by Gasteiger charge is 2.55. The molecule has 0 saturated carbocycles. The summed E-state index contributed by atoms with van der Waals surface area (Å²) in [7, 11) is 0. The van der Waals surface area contributed by atoms with Crippen LogP contribution in [0.5, 0.6) is 0 Å². The van der Waals surface area contributed by atoms with Crippen LogP contribution in [0.25, 0.3) is 0 Å². The average Bonchev–Trinajstić information content (AvgIpc) is 0.771. The quantitative estimate of drug-likeness (QED) is 0.0118. The van der Waals surface area contributed by atoms with Crippen molar-refractivity contribution in [3.63, 3.8) is 0 Å². The Bertz CT molecular complexity index is 5030. The number of benzene rings is 8. The molecule has 2 aliphatic heterocycles. The zero-order valence-electron chi connectivity index (χ0n) is 84.6. The van der Waals surface area contributed by atoms with E-state index >= 15 is 14.4 Å². The molecule has 25 heteroatoms. The first-order valence-corrected chi connectivity index (χ1v) is 51.2. The van der Waals surface area contributed by atoms with E-state index in [9.17, 15) is 34.2 Å². The van der Waals surface area contributed by atoms with Crippen LogP contribution in [0.3, 0.4) is 0 Å². The van der Waals surface area contributed by atoms with Crippen molar-refractivity contribution in [2.45, 2.75) is 291 Å². The van der Waals surface area contributed by atoms with E-state index in [4.69, 9.17) is 71.1 Å². The van der Waals surface area contributed by atoms with Crippen LogP contribution in [-0.2, 0) is 71.1 Å². The summed E-state index contributed by atoms with van der Waals surface area (Å²) in [6, 6.07) is 62.1. The summed E-state index contributed by atoms with van der Waals surface area (Å²) in [4.78, 5) is 118. The summed E-state index contributed by atoms with van der Waals surface area (Å²) >= 11 is 0. The second-order valence-corrected chi connectivity index (χ2v) is 39.2. The van der Waals surface area contributed by atoms with Gasteiger partial charge in [0.15, 0.2) is 48.9 Å². The molecule has 2 fully saturated rings. The lowest BCUT2D eigenvalue weighted by Crippen LogP contribution is -2.63. The maximum absolute atomic E-state index is 15.3. The molecule has 19 atom stereocenters. The van der Waals surface area contributed by atoms with Crippen LogP contribution in [0.15, 0.2) is 254 Å². The highest BCUT2D eigenvalue weighted by atomic mass is 16.8. The second-order valence-electron chi connectivity index (χ2n) is 39.2. The van der Waals surface area contributed by atoms with Gasteiger partial charge in [-0.05, 0) is 164 Å². The summed E-state index contributed by atoms with van der Waals surface area (Å²) in [6.07, 6.45) is -1.28. The molecule has 2 N–H and O–H groups in total. The van der Waals surface area contributed by atoms with Crippen LogP contribution < -0.4 is 0 Å². The Morgan fingerprint density at radius 3 is 0.951 bits per heavy atom. The summed E-state index contributed by atoms with van der Waals surface area (Å²) in [6.45, 7) is 23.5. The molecule has 0 aromatic heterocycles. The summed E-state index contributed by atoms with van der Waals surface area (Å²) in [5, 5.41) is 26.7. The number of hydrogen-bond acceptors (Lipinski definition) is 25. The van der Waals surface area contributed by atoms with Gasteiger partial charge in [-0.15, -0.1) is 0 Å². The maximum atomic E-state index is 15.3. The summed E-state index contributed by atoms with van der Waals surface area (Å²) in [5.74, 6) is -5.42. The van der Waals surface area contributed by atoms with Crippen molar-refractivity contribution in [1.29, 1.82) is 0 Å². The number of ether oxygens (including phenoxy) is 15. The molecule has 8 aromatic carbocycles. The van der Waals surface area contributed by atoms with Gasteiger partial charge in [-0.25, -0.2) is 38.4 Å². The van der Waals surface area contributed by atoms with Crippen molar-refractivity contribution in [1.82, 2.24) is 0 Å². The standard InChI is InChI=1S/C117H150O25/c1-79(2)42-36-44-81(5)46-38-48-83(7)50-40-52-85(9)70-73-128-76-96(129-74-71-86(10)53-41-51-84(8)49-39-47-82(6)45-37-43-80(3)4)77-132-117-106(142-114(126)95-68-34-19-35-69-95)103(139-111(123)92-62-28-16-29-63-92)101(98(134-117)78-131-107(119)88-54-20-12-21-55-88)137-115(127)104(140-112(124)93-64-30-17-31-65-93)100(136-109(121)90-58-24-14-25-59-90)97(118)72-75-130-116-105(141-113(125)94-66-32-18-33-67-94)102(138-110(122)91-60-26-15-27-61-91)99(87(11)133-116)135-108(120)89-56-22-13-23-57-89/h12-35,54-69,79-87,96-99,101-103,105-106,115-118,127H,36-53,70-78H2,1-11H3/b104-100+/t81?,82?,83?,84?,85?,86?,87?,96?,97-,98?,99-,101+,102?,103?,105?,106?,115-,116+,117+/m0/s1. The van der Waals surface area contributed by atoms with E-state index in [2.05, 4.69) is 69.2 Å². The van der Waals surface area contributed by atoms with Crippen molar-refractivity contribution in [2.75, 3.05) is 39.6 Å². The zero-order valence-corrected chi connectivity index (χ0v) is 84.6. The third kappa shape index (κ3) is 38.5. The lowest BCUT2D eigenvalue weighted by molar-refractivity contribution is -0.323. The van der Waals surface area contributed by atoms with Gasteiger partial charge in [-0.2, -0.15) is 0 Å². The van der Waals surface area contributed by atoms with Gasteiger partial charge in [0.1, 0.15) is 31.0 Å². The number of carbonyl (C=O) groups excluding carboxylic acids is 8. The number of esters is 8. The van der Waals surface area contributed by atoms with E-state index in [-0.39, 0.29) is 63.6 Å². The molecule has 2 saturated heterocycles. The largest absolute Gasteiger partial charge is 0.459 e. The number of aliphatic hydroxyl groups is 2. The van der Waals surface area contributed by atoms with Gasteiger partial charge >= 0.3 is 47.8 Å². The van der Waals surface area contributed by atoms with E-state index in [0.29, 0.717) is 43.3 Å². The zero-order chi connectivity index (χ0) is 101. The lowest BCUT2D eigenvalue weighted by Gasteiger charge is -2.45. The molecule has 142 heavy (non-hydrogen) atoms. The predicted octanol–water partition coefficient (Wildman–Crippen LogP) is 23.2. The van der Waals surface area contributed by atoms with E-state index < -0.39 is 159 Å². The topological polar surface area (TPSA) is 315 Å². The number of aliphatic hydroxyl groups excluding tert-OH is 2. The van der Waals surface area contributed by atoms with E-state index in [0.717, 1.165) is 62.7 Å². The van der Waals surface area contributed by atoms with Gasteiger partial charge in [0.2, 0.25) is 12.0 Å². The van der Waals surface area contributed by atoms with Crippen LogP contribution >= 0.6 is 0 Å². The predicted molar refractivity (Wildman–Crippen MR) is 540 cm³/mol. The molecule has 10 rings (SSSR count). The fourth-order valence-corrected chi connectivity index (χ4v) is 17.5. The van der Waals surface area contributed by atoms with Gasteiger partial charge < -0.3 is 81.3 Å². The van der Waals surface area contributed by atoms with Gasteiger partial charge in [0.05, 0.1) is 70.4 Å². The molecular formula is C117H150O25. The van der Waals surface area contributed by atoms with Crippen LogP contribution in [-0.4, -0.2) is 178 Å². The fraction of sp³-hybridized carbons (Fsp3) is 0.504. The Labute approximate surface area is 839 Å². The van der Waals surface area contributed by atoms with Gasteiger partial charge in [-0.3, -0.25) is 0 Å². The normalized spacial score (nSPS) is 20.1. The molecule has 2 aliphatic rings. The third-order valence-electron chi connectivity index (χ3n) is 26.1. The lowest BCUT2D eigenvalue weighted by atomic mass is 9.91. The molecule has 25 nitrogen and oxygen atoms in total. The molecule has 2 heterocycles. The van der Waals surface area contributed by atoms with Crippen molar-refractivity contribution in [3.05, 3.63) is 299 Å². The molecular weight excluding hydrogens is 1810 g/mol. The van der Waals surface area contributed by atoms with Gasteiger partial charge in [-0.1, -0.05) is 330 Å². The number of hydrogen-bond donors (Lipinski definition) is 2. The monoisotopic (exact) mass is 1960 g/mol. The third-order valence-corrected chi connectivity index (χ3v) is 26.1. The first kappa shape index (κ1) is 113. The second kappa shape index (κ2) is 61.1. The first-order valence-electron chi connectivity index (χ1n) is 51.2. The van der Waals surface area contributed by atoms with Crippen LogP contribution in [0.1, 0.15) is 294 Å². The van der Waals surface area contributed by atoms with Crippen molar-refractivity contribution in [3.8, 4) is 0 Å². The van der Waals surface area contributed by atoms with Gasteiger partial charge in [0.25, 0.3) is 0 Å². The minimum atomic E-state index is -2.80. The van der Waals surface area contributed by atoms with Crippen molar-refractivity contribution >= 4 is 47.8 Å². The number of rotatable bonds is 61. The molecule has 0 aliphatic carbocycles. The Hall–Kier alpha value is -11.1. The Morgan fingerprint density at radius 1 is 0.296 bits per heavy atom. The first-order chi connectivity index (χ1) is 68.6.